The summed E-state index contributed by atoms with van der Waals surface area (Å²) in [7, 11) is -2.46. The lowest BCUT2D eigenvalue weighted by molar-refractivity contribution is 0.00985. The van der Waals surface area contributed by atoms with Gasteiger partial charge in [-0.25, -0.2) is 21.5 Å². The van der Waals surface area contributed by atoms with Crippen molar-refractivity contribution in [3.63, 3.8) is 0 Å². The largest absolute Gasteiger partial charge is 0.430 e. The second kappa shape index (κ2) is 10.5. The number of nitrogens with one attached hydrogen (secondary N) is 1. The van der Waals surface area contributed by atoms with Crippen LogP contribution in [-0.2, 0) is 16.4 Å². The van der Waals surface area contributed by atoms with E-state index in [1.54, 1.807) is 0 Å². The lowest BCUT2D eigenvalue weighted by Gasteiger charge is -2.20. The van der Waals surface area contributed by atoms with Gasteiger partial charge in [-0.05, 0) is 30.5 Å². The van der Waals surface area contributed by atoms with Crippen molar-refractivity contribution in [3.05, 3.63) is 47.4 Å². The quantitative estimate of drug-likeness (QED) is 0.453. The average molecular weight is 472 g/mol. The third-order valence-corrected chi connectivity index (χ3v) is 5.67. The Kier molecular flexibility index (Phi) is 8.25. The van der Waals surface area contributed by atoms with Crippen molar-refractivity contribution in [2.75, 3.05) is 24.2 Å². The zero-order chi connectivity index (χ0) is 24.1. The van der Waals surface area contributed by atoms with E-state index in [0.717, 1.165) is 29.0 Å². The fourth-order valence-electron chi connectivity index (χ4n) is 2.72. The van der Waals surface area contributed by atoms with E-state index in [4.69, 9.17) is 4.42 Å². The number of halogens is 2. The molecule has 0 saturated heterocycles. The second-order valence-corrected chi connectivity index (χ2v) is 9.15. The number of amides is 1. The molecule has 0 aliphatic carbocycles. The van der Waals surface area contributed by atoms with Gasteiger partial charge in [0.25, 0.3) is 5.91 Å². The van der Waals surface area contributed by atoms with Gasteiger partial charge in [-0.1, -0.05) is 0 Å². The van der Waals surface area contributed by atoms with Crippen molar-refractivity contribution in [2.45, 2.75) is 25.0 Å². The number of hydrogen-bond donors (Lipinski definition) is 3. The van der Waals surface area contributed by atoms with Gasteiger partial charge in [-0.15, -0.1) is 0 Å². The van der Waals surface area contributed by atoms with Crippen molar-refractivity contribution in [2.24, 2.45) is 5.92 Å². The summed E-state index contributed by atoms with van der Waals surface area (Å²) in [4.78, 5) is 15.9. The smallest absolute Gasteiger partial charge is 0.311 e. The second-order valence-electron chi connectivity index (χ2n) is 7.13. The lowest BCUT2D eigenvalue weighted by atomic mass is 9.93. The highest BCUT2D eigenvalue weighted by atomic mass is 32.2. The monoisotopic (exact) mass is 472 g/mol. The van der Waals surface area contributed by atoms with Crippen molar-refractivity contribution >= 4 is 21.9 Å². The highest BCUT2D eigenvalue weighted by molar-refractivity contribution is 7.92. The Hall–Kier alpha value is -3.08. The molecule has 0 aliphatic heterocycles. The number of hydrogen-bond acceptors (Lipinski definition) is 8. The lowest BCUT2D eigenvalue weighted by Crippen LogP contribution is -2.40. The molecule has 3 N–H and O–H groups in total. The van der Waals surface area contributed by atoms with Gasteiger partial charge in [0, 0.05) is 19.7 Å². The molecule has 3 atom stereocenters. The number of nitriles is 1. The highest BCUT2D eigenvalue weighted by Gasteiger charge is 2.24. The van der Waals surface area contributed by atoms with Crippen molar-refractivity contribution in [3.8, 4) is 6.07 Å². The van der Waals surface area contributed by atoms with E-state index in [0.29, 0.717) is 6.07 Å². The van der Waals surface area contributed by atoms with Crippen LogP contribution in [0.1, 0.15) is 22.5 Å². The van der Waals surface area contributed by atoms with Crippen LogP contribution >= 0.6 is 0 Å². The molecule has 0 fully saturated rings. The number of aliphatic hydroxyl groups excluding tert-OH is 2. The molecular formula is C19H22F2N4O6S. The number of sulfonamides is 1. The number of rotatable bonds is 10. The minimum absolute atomic E-state index is 0.0448. The molecule has 1 aromatic carbocycles. The molecule has 174 valence electrons. The maximum Gasteiger partial charge on any atom is 0.311 e. The summed E-state index contributed by atoms with van der Waals surface area (Å²) in [6.45, 7) is -0.406. The predicted octanol–water partition coefficient (Wildman–Crippen LogP) is 0.573. The van der Waals surface area contributed by atoms with E-state index >= 15 is 0 Å². The van der Waals surface area contributed by atoms with Gasteiger partial charge < -0.3 is 19.9 Å². The Labute approximate surface area is 183 Å². The molecule has 1 amide bonds. The van der Waals surface area contributed by atoms with Gasteiger partial charge in [-0.2, -0.15) is 10.2 Å². The van der Waals surface area contributed by atoms with Gasteiger partial charge in [-0.3, -0.25) is 4.79 Å². The number of anilines is 1. The fraction of sp³-hybridized carbons (Fsp3) is 0.421. The van der Waals surface area contributed by atoms with Crippen LogP contribution in [-0.4, -0.2) is 61.6 Å². The van der Waals surface area contributed by atoms with Crippen LogP contribution in [0.2, 0.25) is 0 Å². The summed E-state index contributed by atoms with van der Waals surface area (Å²) in [5.41, 5.74) is -0.0230. The van der Waals surface area contributed by atoms with Gasteiger partial charge in [0.05, 0.1) is 30.5 Å². The molecule has 0 bridgehead atoms. The molecule has 2 aromatic rings. The van der Waals surface area contributed by atoms with E-state index in [1.807, 2.05) is 6.07 Å². The van der Waals surface area contributed by atoms with E-state index in [2.05, 4.69) is 10.3 Å². The molecule has 3 unspecified atom stereocenters. The predicted molar refractivity (Wildman–Crippen MR) is 108 cm³/mol. The highest BCUT2D eigenvalue weighted by Crippen LogP contribution is 2.18. The van der Waals surface area contributed by atoms with Crippen molar-refractivity contribution in [1.29, 1.82) is 5.26 Å². The van der Waals surface area contributed by atoms with E-state index in [9.17, 15) is 37.5 Å². The topological polar surface area (TPSA) is 157 Å². The Morgan fingerprint density at radius 3 is 2.47 bits per heavy atom. The number of nitrogens with zero attached hydrogens (tertiary/aromatic N) is 3. The van der Waals surface area contributed by atoms with Crippen LogP contribution < -0.4 is 9.62 Å². The normalized spacial score (nSPS) is 14.3. The van der Waals surface area contributed by atoms with Gasteiger partial charge in [0.15, 0.2) is 5.69 Å². The standard InChI is InChI=1S/C19H22F2N4O6S/c1-25(32(2,29)30)19-24-15(10-31-19)18(28)23-9-17(27)16(26)6-12(8-22)3-11-4-13(20)7-14(21)5-11/h4-5,7,10,12,16-17,26-27H,3,6,9H2,1-2H3,(H,23,28). The SMILES string of the molecule is CN(c1nc(C(=O)NCC(O)C(O)CC(C#N)Cc2cc(F)cc(F)c2)co1)S(C)(=O)=O. The summed E-state index contributed by atoms with van der Waals surface area (Å²) < 4.78 is 55.2. The van der Waals surface area contributed by atoms with Crippen LogP contribution in [0.4, 0.5) is 14.8 Å². The molecule has 0 saturated carbocycles. The summed E-state index contributed by atoms with van der Waals surface area (Å²) >= 11 is 0. The van der Waals surface area contributed by atoms with Gasteiger partial charge in [0.2, 0.25) is 10.0 Å². The number of aliphatic hydroxyl groups is 2. The molecule has 32 heavy (non-hydrogen) atoms. The van der Waals surface area contributed by atoms with Crippen LogP contribution in [0.5, 0.6) is 0 Å². The number of aromatic nitrogens is 1. The number of carbonyl (C=O) groups is 1. The summed E-state index contributed by atoms with van der Waals surface area (Å²) in [6, 6.07) is 4.43. The third kappa shape index (κ3) is 6.98. The molecule has 0 aliphatic rings. The first-order valence-electron chi connectivity index (χ1n) is 9.29. The minimum atomic E-state index is -3.64. The van der Waals surface area contributed by atoms with Crippen LogP contribution in [0.15, 0.2) is 28.9 Å². The Morgan fingerprint density at radius 2 is 1.91 bits per heavy atom. The zero-order valence-electron chi connectivity index (χ0n) is 17.2. The molecule has 0 spiro atoms. The van der Waals surface area contributed by atoms with Crippen LogP contribution in [0.3, 0.4) is 0 Å². The number of benzene rings is 1. The Bertz CT molecular complexity index is 1080. The van der Waals surface area contributed by atoms with Crippen LogP contribution in [0, 0.1) is 28.9 Å². The average Bonchev–Trinajstić information content (AvgIpc) is 3.19. The number of oxazole rings is 1. The van der Waals surface area contributed by atoms with Crippen LogP contribution in [0.25, 0.3) is 0 Å². The Balaban J connectivity index is 1.90. The zero-order valence-corrected chi connectivity index (χ0v) is 18.0. The maximum atomic E-state index is 13.3. The number of carbonyl (C=O) groups excluding carboxylic acids is 1. The third-order valence-electron chi connectivity index (χ3n) is 4.52. The molecule has 1 aromatic heterocycles. The van der Waals surface area contributed by atoms with Crippen molar-refractivity contribution in [1.82, 2.24) is 10.3 Å². The molecular weight excluding hydrogens is 450 g/mol. The molecule has 10 nitrogen and oxygen atoms in total. The summed E-state index contributed by atoms with van der Waals surface area (Å²) in [5.74, 6) is -3.22. The van der Waals surface area contributed by atoms with Gasteiger partial charge >= 0.3 is 6.01 Å². The fourth-order valence-corrected chi connectivity index (χ4v) is 3.09. The molecule has 0 radical (unpaired) electrons. The minimum Gasteiger partial charge on any atom is -0.430 e. The van der Waals surface area contributed by atoms with Crippen molar-refractivity contribution < 1.29 is 36.6 Å². The molecule has 1 heterocycles. The summed E-state index contributed by atoms with van der Waals surface area (Å²) in [6.07, 6.45) is -1.27. The first-order chi connectivity index (χ1) is 14.9. The van der Waals surface area contributed by atoms with E-state index in [1.165, 1.54) is 7.05 Å². The maximum absolute atomic E-state index is 13.3. The molecule has 2 rings (SSSR count). The van der Waals surface area contributed by atoms with E-state index < -0.39 is 52.2 Å². The Morgan fingerprint density at radius 1 is 1.28 bits per heavy atom. The first kappa shape index (κ1) is 25.2. The summed E-state index contributed by atoms with van der Waals surface area (Å²) in [5, 5.41) is 31.8. The van der Waals surface area contributed by atoms with E-state index in [-0.39, 0.29) is 30.1 Å². The van der Waals surface area contributed by atoms with Gasteiger partial charge in [0.1, 0.15) is 17.9 Å². The first-order valence-corrected chi connectivity index (χ1v) is 11.1. The molecule has 13 heteroatoms.